The fourth-order valence-electron chi connectivity index (χ4n) is 2.49. The number of hydrogen-bond donors (Lipinski definition) is 2. The molecule has 0 bridgehead atoms. The number of halogens is 3. The summed E-state index contributed by atoms with van der Waals surface area (Å²) in [6.45, 7) is 2.56. The van der Waals surface area contributed by atoms with Gasteiger partial charge in [0.15, 0.2) is 23.6 Å². The molecule has 0 aliphatic carbocycles. The number of ether oxygens (including phenoxy) is 1. The van der Waals surface area contributed by atoms with Gasteiger partial charge in [-0.2, -0.15) is 0 Å². The molecule has 1 aromatic carbocycles. The molecule has 2 amide bonds. The highest BCUT2D eigenvalue weighted by Gasteiger charge is 2.21. The quantitative estimate of drug-likeness (QED) is 0.503. The first kappa shape index (κ1) is 22.9. The van der Waals surface area contributed by atoms with Crippen LogP contribution in [0.5, 0.6) is 0 Å². The molecule has 1 heterocycles. The minimum Gasteiger partial charge on any atom is -0.453 e. The van der Waals surface area contributed by atoms with E-state index in [4.69, 9.17) is 4.74 Å². The van der Waals surface area contributed by atoms with E-state index in [1.807, 2.05) is 12.2 Å². The van der Waals surface area contributed by atoms with E-state index in [1.54, 1.807) is 24.5 Å². The second kappa shape index (κ2) is 10.4. The van der Waals surface area contributed by atoms with Crippen molar-refractivity contribution >= 4 is 23.5 Å². The normalized spacial score (nSPS) is 12.6. The molecule has 1 aromatic heterocycles. The number of aromatic nitrogens is 1. The number of amides is 2. The van der Waals surface area contributed by atoms with Crippen LogP contribution >= 0.6 is 0 Å². The van der Waals surface area contributed by atoms with Gasteiger partial charge in [-0.1, -0.05) is 6.92 Å². The fourth-order valence-corrected chi connectivity index (χ4v) is 2.49. The third-order valence-corrected chi connectivity index (χ3v) is 4.16. The Morgan fingerprint density at radius 3 is 2.37 bits per heavy atom. The Kier molecular flexibility index (Phi) is 7.90. The lowest BCUT2D eigenvalue weighted by Gasteiger charge is -2.16. The molecule has 0 unspecified atom stereocenters. The molecule has 0 radical (unpaired) electrons. The van der Waals surface area contributed by atoms with Gasteiger partial charge in [-0.25, -0.2) is 13.2 Å². The summed E-state index contributed by atoms with van der Waals surface area (Å²) in [5, 5.41) is 4.22. The van der Waals surface area contributed by atoms with Crippen molar-refractivity contribution in [3.8, 4) is 0 Å². The molecule has 30 heavy (non-hydrogen) atoms. The predicted octanol–water partition coefficient (Wildman–Crippen LogP) is 2.68. The van der Waals surface area contributed by atoms with E-state index >= 15 is 0 Å². The maximum absolute atomic E-state index is 13.5. The molecule has 2 N–H and O–H groups in total. The van der Waals surface area contributed by atoms with Gasteiger partial charge in [-0.15, -0.1) is 0 Å². The molecule has 2 aromatic rings. The first-order valence-electron chi connectivity index (χ1n) is 8.99. The highest BCUT2D eigenvalue weighted by molar-refractivity contribution is 5.95. The second-order valence-electron chi connectivity index (χ2n) is 6.51. The number of nitrogens with one attached hydrogen (secondary N) is 2. The lowest BCUT2D eigenvalue weighted by molar-refractivity contribution is -0.155. The topological polar surface area (TPSA) is 97.4 Å². The third kappa shape index (κ3) is 6.29. The molecule has 2 rings (SSSR count). The molecule has 160 valence electrons. The predicted molar refractivity (Wildman–Crippen MR) is 101 cm³/mol. The SMILES string of the molecule is C[C@H](OC(=O)C[C@@H](C)c1ccncc1)C(=O)NCC(=O)Nc1ccc(F)c(F)c1F. The van der Waals surface area contributed by atoms with E-state index in [1.165, 1.54) is 6.92 Å². The van der Waals surface area contributed by atoms with Crippen molar-refractivity contribution < 1.29 is 32.3 Å². The van der Waals surface area contributed by atoms with Crippen LogP contribution in [0.2, 0.25) is 0 Å². The van der Waals surface area contributed by atoms with Gasteiger partial charge in [0.2, 0.25) is 5.91 Å². The molecule has 0 spiro atoms. The number of pyridine rings is 1. The zero-order chi connectivity index (χ0) is 22.3. The summed E-state index contributed by atoms with van der Waals surface area (Å²) < 4.78 is 44.6. The van der Waals surface area contributed by atoms with Crippen LogP contribution < -0.4 is 10.6 Å². The molecular weight excluding hydrogens is 403 g/mol. The zero-order valence-electron chi connectivity index (χ0n) is 16.2. The van der Waals surface area contributed by atoms with Crippen LogP contribution in [0.3, 0.4) is 0 Å². The number of rotatable bonds is 8. The van der Waals surface area contributed by atoms with Crippen molar-refractivity contribution in [3.63, 3.8) is 0 Å². The highest BCUT2D eigenvalue weighted by atomic mass is 19.2. The van der Waals surface area contributed by atoms with Gasteiger partial charge in [0.25, 0.3) is 5.91 Å². The fraction of sp³-hybridized carbons (Fsp3) is 0.300. The van der Waals surface area contributed by atoms with Crippen LogP contribution in [-0.2, 0) is 19.1 Å². The minimum atomic E-state index is -1.72. The maximum atomic E-state index is 13.5. The Balaban J connectivity index is 1.79. The summed E-state index contributed by atoms with van der Waals surface area (Å²) in [6, 6.07) is 5.04. The average Bonchev–Trinajstić information content (AvgIpc) is 2.72. The van der Waals surface area contributed by atoms with Gasteiger partial charge < -0.3 is 15.4 Å². The summed E-state index contributed by atoms with van der Waals surface area (Å²) in [4.78, 5) is 39.7. The second-order valence-corrected chi connectivity index (χ2v) is 6.51. The van der Waals surface area contributed by atoms with Crippen molar-refractivity contribution in [2.24, 2.45) is 0 Å². The number of anilines is 1. The van der Waals surface area contributed by atoms with Crippen molar-refractivity contribution in [3.05, 3.63) is 59.7 Å². The summed E-state index contributed by atoms with van der Waals surface area (Å²) in [7, 11) is 0. The lowest BCUT2D eigenvalue weighted by atomic mass is 9.99. The molecule has 7 nitrogen and oxygen atoms in total. The molecule has 0 aliphatic heterocycles. The van der Waals surface area contributed by atoms with E-state index < -0.39 is 53.6 Å². The monoisotopic (exact) mass is 423 g/mol. The Morgan fingerprint density at radius 1 is 1.03 bits per heavy atom. The van der Waals surface area contributed by atoms with Gasteiger partial charge in [0.1, 0.15) is 0 Å². The van der Waals surface area contributed by atoms with Crippen molar-refractivity contribution in [2.75, 3.05) is 11.9 Å². The van der Waals surface area contributed by atoms with Crippen molar-refractivity contribution in [1.82, 2.24) is 10.3 Å². The Labute approximate surface area is 170 Å². The van der Waals surface area contributed by atoms with E-state index in [0.717, 1.165) is 11.6 Å². The van der Waals surface area contributed by atoms with Gasteiger partial charge in [-0.05, 0) is 42.7 Å². The number of esters is 1. The number of nitrogens with zero attached hydrogens (tertiary/aromatic N) is 1. The number of carbonyl (C=O) groups is 3. The highest BCUT2D eigenvalue weighted by Crippen LogP contribution is 2.20. The standard InChI is InChI=1S/C20H20F3N3O4/c1-11(13-5-7-24-8-6-13)9-17(28)30-12(2)20(29)25-10-16(27)26-15-4-3-14(21)18(22)19(15)23/h3-8,11-12H,9-10H2,1-2H3,(H,25,29)(H,26,27)/t11-,12+/m1/s1. The maximum Gasteiger partial charge on any atom is 0.307 e. The largest absolute Gasteiger partial charge is 0.453 e. The smallest absolute Gasteiger partial charge is 0.307 e. The summed E-state index contributed by atoms with van der Waals surface area (Å²) in [5.74, 6) is -7.05. The van der Waals surface area contributed by atoms with Crippen LogP contribution in [0.15, 0.2) is 36.7 Å². The van der Waals surface area contributed by atoms with Crippen LogP contribution in [0.25, 0.3) is 0 Å². The summed E-state index contributed by atoms with van der Waals surface area (Å²) in [6.07, 6.45) is 2.07. The lowest BCUT2D eigenvalue weighted by Crippen LogP contribution is -2.40. The third-order valence-electron chi connectivity index (χ3n) is 4.16. The number of benzene rings is 1. The van der Waals surface area contributed by atoms with Gasteiger partial charge >= 0.3 is 5.97 Å². The Morgan fingerprint density at radius 2 is 1.70 bits per heavy atom. The molecule has 10 heteroatoms. The molecule has 0 fully saturated rings. The Bertz CT molecular complexity index is 925. The molecule has 0 aliphatic rings. The summed E-state index contributed by atoms with van der Waals surface area (Å²) >= 11 is 0. The number of hydrogen-bond acceptors (Lipinski definition) is 5. The molecule has 2 atom stereocenters. The summed E-state index contributed by atoms with van der Waals surface area (Å²) in [5.41, 5.74) is 0.318. The first-order valence-corrected chi connectivity index (χ1v) is 8.99. The van der Waals surface area contributed by atoms with Gasteiger partial charge in [-0.3, -0.25) is 19.4 Å². The van der Waals surface area contributed by atoms with Crippen LogP contribution in [0.4, 0.5) is 18.9 Å². The average molecular weight is 423 g/mol. The minimum absolute atomic E-state index is 0.0392. The van der Waals surface area contributed by atoms with Gasteiger partial charge in [0.05, 0.1) is 18.7 Å². The van der Waals surface area contributed by atoms with Crippen LogP contribution in [0, 0.1) is 17.5 Å². The first-order chi connectivity index (χ1) is 14.2. The molecule has 0 saturated carbocycles. The van der Waals surface area contributed by atoms with Crippen LogP contribution in [0.1, 0.15) is 31.7 Å². The molecular formula is C20H20F3N3O4. The molecule has 0 saturated heterocycles. The van der Waals surface area contributed by atoms with Gasteiger partial charge in [0, 0.05) is 12.4 Å². The van der Waals surface area contributed by atoms with E-state index in [0.29, 0.717) is 6.07 Å². The van der Waals surface area contributed by atoms with E-state index in [2.05, 4.69) is 10.3 Å². The van der Waals surface area contributed by atoms with E-state index in [9.17, 15) is 27.6 Å². The van der Waals surface area contributed by atoms with Crippen molar-refractivity contribution in [2.45, 2.75) is 32.3 Å². The number of carbonyl (C=O) groups excluding carboxylic acids is 3. The Hall–Kier alpha value is -3.43. The van der Waals surface area contributed by atoms with E-state index in [-0.39, 0.29) is 12.3 Å². The zero-order valence-corrected chi connectivity index (χ0v) is 16.2. The van der Waals surface area contributed by atoms with Crippen LogP contribution in [-0.4, -0.2) is 35.4 Å². The van der Waals surface area contributed by atoms with Crippen molar-refractivity contribution in [1.29, 1.82) is 0 Å².